The number of carbonyl (C=O) groups is 3. The molecule has 5 nitrogen and oxygen atoms in total. The Morgan fingerprint density at radius 1 is 0.571 bits per heavy atom. The molecule has 0 saturated heterocycles. The lowest BCUT2D eigenvalue weighted by atomic mass is 9.90. The first-order valence-corrected chi connectivity index (χ1v) is 13.4. The molecule has 0 radical (unpaired) electrons. The number of Topliss-reactive ketones (excluding diaryl/α,β-unsaturated/α-hetero) is 1. The highest BCUT2D eigenvalue weighted by Gasteiger charge is 2.20. The molecule has 4 aromatic rings. The quantitative estimate of drug-likeness (QED) is 0.0796. The standard InChI is InChI=1S/C35H24Cl2O5/c1-3-33(38)41-29-15-11-25(12-16-29)31(21-23-7-5-9-27(36)19-23)35(40)32(22-24-8-6-10-28(37)20-24)26-13-17-30(18-14-26)42-34(39)4-2/h3-22H,1-2H2. The highest BCUT2D eigenvalue weighted by atomic mass is 35.5. The Balaban J connectivity index is 1.85. The SMILES string of the molecule is C=CC(=O)Oc1ccc(C(=Cc2cccc(Cl)c2)C(=O)C(=Cc2cccc(Cl)c2)c2ccc(OC(=O)C=C)cc2)cc1. The molecule has 0 amide bonds. The number of ether oxygens (including phenoxy) is 2. The van der Waals surface area contributed by atoms with Crippen LogP contribution >= 0.6 is 23.2 Å². The van der Waals surface area contributed by atoms with Crippen molar-refractivity contribution in [2.45, 2.75) is 0 Å². The number of benzene rings is 4. The molecule has 0 N–H and O–H groups in total. The second-order valence-electron chi connectivity index (χ2n) is 8.85. The molecule has 0 saturated carbocycles. The van der Waals surface area contributed by atoms with E-state index in [-0.39, 0.29) is 5.78 Å². The van der Waals surface area contributed by atoms with E-state index in [0.717, 1.165) is 12.2 Å². The average Bonchev–Trinajstić information content (AvgIpc) is 2.99. The van der Waals surface area contributed by atoms with Crippen LogP contribution in [-0.4, -0.2) is 17.7 Å². The molecule has 0 aliphatic carbocycles. The van der Waals surface area contributed by atoms with Crippen LogP contribution in [0.4, 0.5) is 0 Å². The molecule has 7 heteroatoms. The molecule has 0 atom stereocenters. The predicted molar refractivity (Wildman–Crippen MR) is 168 cm³/mol. The minimum atomic E-state index is -0.595. The van der Waals surface area contributed by atoms with E-state index < -0.39 is 11.9 Å². The first-order valence-electron chi connectivity index (χ1n) is 12.6. The van der Waals surface area contributed by atoms with E-state index in [1.54, 1.807) is 97.1 Å². The fraction of sp³-hybridized carbons (Fsp3) is 0. The van der Waals surface area contributed by atoms with Gasteiger partial charge in [0.25, 0.3) is 0 Å². The van der Waals surface area contributed by atoms with Crippen LogP contribution in [0.1, 0.15) is 22.3 Å². The Morgan fingerprint density at radius 3 is 1.29 bits per heavy atom. The molecular weight excluding hydrogens is 571 g/mol. The van der Waals surface area contributed by atoms with Crippen LogP contribution in [0.5, 0.6) is 11.5 Å². The maximum atomic E-state index is 14.4. The van der Waals surface area contributed by atoms with E-state index in [1.807, 2.05) is 12.1 Å². The van der Waals surface area contributed by atoms with Crippen molar-refractivity contribution in [1.29, 1.82) is 0 Å². The lowest BCUT2D eigenvalue weighted by Crippen LogP contribution is -2.07. The zero-order valence-corrected chi connectivity index (χ0v) is 23.8. The molecular formula is C35H24Cl2O5. The van der Waals surface area contributed by atoms with Gasteiger partial charge in [0.05, 0.1) is 0 Å². The predicted octanol–water partition coefficient (Wildman–Crippen LogP) is 8.53. The summed E-state index contributed by atoms with van der Waals surface area (Å²) >= 11 is 12.5. The second-order valence-corrected chi connectivity index (χ2v) is 9.73. The highest BCUT2D eigenvalue weighted by Crippen LogP contribution is 2.32. The number of esters is 2. The number of ketones is 1. The average molecular weight is 595 g/mol. The molecule has 208 valence electrons. The fourth-order valence-corrected chi connectivity index (χ4v) is 4.35. The Labute approximate surface area is 253 Å². The van der Waals surface area contributed by atoms with Crippen molar-refractivity contribution in [2.24, 2.45) is 0 Å². The monoisotopic (exact) mass is 594 g/mol. The third-order valence-electron chi connectivity index (χ3n) is 5.91. The number of rotatable bonds is 10. The van der Waals surface area contributed by atoms with E-state index in [9.17, 15) is 14.4 Å². The van der Waals surface area contributed by atoms with Crippen LogP contribution in [-0.2, 0) is 14.4 Å². The van der Waals surface area contributed by atoms with Crippen molar-refractivity contribution in [1.82, 2.24) is 0 Å². The maximum absolute atomic E-state index is 14.4. The van der Waals surface area contributed by atoms with Gasteiger partial charge in [-0.05, 0) is 82.9 Å². The van der Waals surface area contributed by atoms with E-state index in [0.29, 0.717) is 54.9 Å². The molecule has 0 heterocycles. The third-order valence-corrected chi connectivity index (χ3v) is 6.38. The summed E-state index contributed by atoms with van der Waals surface area (Å²) in [5.41, 5.74) is 3.28. The number of allylic oxidation sites excluding steroid dienone is 2. The number of halogens is 2. The van der Waals surface area contributed by atoms with Crippen LogP contribution in [0.25, 0.3) is 23.3 Å². The van der Waals surface area contributed by atoms with E-state index in [2.05, 4.69) is 13.2 Å². The molecule has 0 fully saturated rings. The maximum Gasteiger partial charge on any atom is 0.335 e. The smallest absolute Gasteiger partial charge is 0.335 e. The zero-order chi connectivity index (χ0) is 30.1. The van der Waals surface area contributed by atoms with Gasteiger partial charge in [0.2, 0.25) is 0 Å². The topological polar surface area (TPSA) is 69.7 Å². The van der Waals surface area contributed by atoms with Crippen LogP contribution < -0.4 is 9.47 Å². The molecule has 4 rings (SSSR count). The van der Waals surface area contributed by atoms with Gasteiger partial charge in [-0.15, -0.1) is 0 Å². The molecule has 42 heavy (non-hydrogen) atoms. The van der Waals surface area contributed by atoms with Gasteiger partial charge in [-0.2, -0.15) is 0 Å². The van der Waals surface area contributed by atoms with Crippen molar-refractivity contribution in [3.63, 3.8) is 0 Å². The summed E-state index contributed by atoms with van der Waals surface area (Å²) in [5, 5.41) is 1.03. The van der Waals surface area contributed by atoms with Gasteiger partial charge >= 0.3 is 11.9 Å². The van der Waals surface area contributed by atoms with E-state index in [1.165, 1.54) is 0 Å². The Bertz CT molecular complexity index is 1590. The van der Waals surface area contributed by atoms with Gasteiger partial charge in [-0.3, -0.25) is 4.79 Å². The fourth-order valence-electron chi connectivity index (χ4n) is 3.95. The Morgan fingerprint density at radius 2 is 0.952 bits per heavy atom. The number of carbonyl (C=O) groups excluding carboxylic acids is 3. The van der Waals surface area contributed by atoms with Gasteiger partial charge in [-0.25, -0.2) is 9.59 Å². The minimum absolute atomic E-state index is 0.303. The van der Waals surface area contributed by atoms with Gasteiger partial charge in [0.1, 0.15) is 11.5 Å². The van der Waals surface area contributed by atoms with Gasteiger partial charge < -0.3 is 9.47 Å². The zero-order valence-electron chi connectivity index (χ0n) is 22.3. The molecule has 0 bridgehead atoms. The summed E-state index contributed by atoms with van der Waals surface area (Å²) in [5.74, 6) is -0.887. The highest BCUT2D eigenvalue weighted by molar-refractivity contribution is 6.46. The first-order chi connectivity index (χ1) is 20.2. The van der Waals surface area contributed by atoms with Crippen LogP contribution in [0.2, 0.25) is 10.0 Å². The van der Waals surface area contributed by atoms with Crippen molar-refractivity contribution < 1.29 is 23.9 Å². The lowest BCUT2D eigenvalue weighted by molar-refractivity contribution is -0.129. The van der Waals surface area contributed by atoms with Crippen molar-refractivity contribution in [2.75, 3.05) is 0 Å². The summed E-state index contributed by atoms with van der Waals surface area (Å²) in [6.45, 7) is 6.82. The van der Waals surface area contributed by atoms with Crippen molar-refractivity contribution in [3.8, 4) is 11.5 Å². The molecule has 0 aromatic heterocycles. The van der Waals surface area contributed by atoms with Crippen molar-refractivity contribution in [3.05, 3.63) is 155 Å². The van der Waals surface area contributed by atoms with E-state index in [4.69, 9.17) is 32.7 Å². The summed E-state index contributed by atoms with van der Waals surface area (Å²) < 4.78 is 10.4. The molecule has 0 unspecified atom stereocenters. The van der Waals surface area contributed by atoms with Gasteiger partial charge in [0, 0.05) is 33.3 Å². The third kappa shape index (κ3) is 8.04. The second kappa shape index (κ2) is 14.1. The van der Waals surface area contributed by atoms with Crippen LogP contribution in [0.15, 0.2) is 122 Å². The number of hydrogen-bond acceptors (Lipinski definition) is 5. The lowest BCUT2D eigenvalue weighted by Gasteiger charge is -2.13. The number of hydrogen-bond donors (Lipinski definition) is 0. The molecule has 0 spiro atoms. The summed E-state index contributed by atoms with van der Waals surface area (Å²) in [6, 6.07) is 27.4. The molecule has 4 aromatic carbocycles. The van der Waals surface area contributed by atoms with Gasteiger partial charge in [0.15, 0.2) is 5.78 Å². The summed E-state index contributed by atoms with van der Waals surface area (Å²) in [6.07, 6.45) is 5.62. The van der Waals surface area contributed by atoms with Crippen molar-refractivity contribution >= 4 is 64.2 Å². The van der Waals surface area contributed by atoms with Crippen LogP contribution in [0.3, 0.4) is 0 Å². The summed E-state index contributed by atoms with van der Waals surface area (Å²) in [7, 11) is 0. The molecule has 0 aliphatic rings. The van der Waals surface area contributed by atoms with E-state index >= 15 is 0 Å². The Kier molecular flexibility index (Phi) is 10.1. The van der Waals surface area contributed by atoms with Gasteiger partial charge in [-0.1, -0.05) is 84.9 Å². The normalized spacial score (nSPS) is 11.4. The minimum Gasteiger partial charge on any atom is -0.423 e. The first kappa shape index (κ1) is 30.0. The summed E-state index contributed by atoms with van der Waals surface area (Å²) in [4.78, 5) is 37.8. The molecule has 0 aliphatic heterocycles. The Hall–Kier alpha value is -4.97. The van der Waals surface area contributed by atoms with Crippen LogP contribution in [0, 0.1) is 0 Å². The largest absolute Gasteiger partial charge is 0.423 e.